The minimum absolute atomic E-state index is 0.0574. The molecule has 0 N–H and O–H groups in total. The molecule has 1 aromatic rings. The summed E-state index contributed by atoms with van der Waals surface area (Å²) in [5, 5.41) is -0.640. The summed E-state index contributed by atoms with van der Waals surface area (Å²) in [6.07, 6.45) is 0. The van der Waals surface area contributed by atoms with Crippen LogP contribution in [0.25, 0.3) is 0 Å². The van der Waals surface area contributed by atoms with Crippen LogP contribution in [0.2, 0.25) is 0 Å². The maximum Gasteiger partial charge on any atom is 0.238 e. The Kier molecular flexibility index (Phi) is 4.65. The molecule has 0 bridgehead atoms. The molecule has 6 heteroatoms. The van der Waals surface area contributed by atoms with Crippen LogP contribution in [0.1, 0.15) is 6.92 Å². The molecule has 1 rings (SSSR count). The van der Waals surface area contributed by atoms with Crippen molar-refractivity contribution in [1.29, 1.82) is 0 Å². The molecule has 96 valence electrons. The van der Waals surface area contributed by atoms with E-state index in [2.05, 4.69) is 0 Å². The highest BCUT2D eigenvalue weighted by Crippen LogP contribution is 2.29. The number of benzene rings is 1. The molecule has 0 fully saturated rings. The highest BCUT2D eigenvalue weighted by Gasteiger charge is 2.27. The molecule has 0 saturated heterocycles. The summed E-state index contributed by atoms with van der Waals surface area (Å²) >= 11 is 5.60. The number of nitrogens with zero attached hydrogens (tertiary/aromatic N) is 1. The number of anilines is 1. The van der Waals surface area contributed by atoms with Gasteiger partial charge in [0.2, 0.25) is 10.0 Å². The number of methoxy groups -OCH3 is 1. The van der Waals surface area contributed by atoms with Crippen molar-refractivity contribution in [3.8, 4) is 5.75 Å². The van der Waals surface area contributed by atoms with Crippen molar-refractivity contribution in [1.82, 2.24) is 0 Å². The molecular formula is C11H16ClNO3S. The molecule has 0 aromatic heterocycles. The van der Waals surface area contributed by atoms with Crippen molar-refractivity contribution in [2.45, 2.75) is 12.2 Å². The summed E-state index contributed by atoms with van der Waals surface area (Å²) in [4.78, 5) is 0. The molecule has 0 aliphatic rings. The van der Waals surface area contributed by atoms with E-state index in [0.29, 0.717) is 11.4 Å². The van der Waals surface area contributed by atoms with E-state index in [9.17, 15) is 8.42 Å². The van der Waals surface area contributed by atoms with Crippen molar-refractivity contribution in [3.63, 3.8) is 0 Å². The molecule has 1 aromatic carbocycles. The second-order valence-corrected chi connectivity index (χ2v) is 6.34. The summed E-state index contributed by atoms with van der Waals surface area (Å²) in [6, 6.07) is 6.95. The third-order valence-corrected chi connectivity index (χ3v) is 5.32. The molecule has 0 heterocycles. The van der Waals surface area contributed by atoms with Gasteiger partial charge < -0.3 is 4.74 Å². The Hall–Kier alpha value is -0.940. The summed E-state index contributed by atoms with van der Waals surface area (Å²) in [6.45, 7) is 1.58. The summed E-state index contributed by atoms with van der Waals surface area (Å²) in [7, 11) is -0.453. The molecule has 0 aliphatic heterocycles. The van der Waals surface area contributed by atoms with Crippen LogP contribution >= 0.6 is 11.6 Å². The number of hydrogen-bond acceptors (Lipinski definition) is 3. The van der Waals surface area contributed by atoms with Gasteiger partial charge in [-0.15, -0.1) is 11.6 Å². The molecule has 0 spiro atoms. The van der Waals surface area contributed by atoms with Gasteiger partial charge in [0.05, 0.1) is 18.0 Å². The van der Waals surface area contributed by atoms with Gasteiger partial charge in [-0.05, 0) is 19.1 Å². The molecular weight excluding hydrogens is 262 g/mol. The first-order chi connectivity index (χ1) is 7.95. The van der Waals surface area contributed by atoms with E-state index in [0.717, 1.165) is 0 Å². The Labute approximate surface area is 107 Å². The zero-order valence-electron chi connectivity index (χ0n) is 10.1. The highest BCUT2D eigenvalue weighted by molar-refractivity contribution is 7.93. The lowest BCUT2D eigenvalue weighted by molar-refractivity contribution is 0.416. The van der Waals surface area contributed by atoms with Crippen molar-refractivity contribution in [2.24, 2.45) is 0 Å². The van der Waals surface area contributed by atoms with Crippen molar-refractivity contribution >= 4 is 27.3 Å². The number of sulfonamides is 1. The second-order valence-electron chi connectivity index (χ2n) is 3.65. The van der Waals surface area contributed by atoms with E-state index >= 15 is 0 Å². The van der Waals surface area contributed by atoms with E-state index in [1.54, 1.807) is 31.2 Å². The monoisotopic (exact) mass is 277 g/mol. The van der Waals surface area contributed by atoms with Gasteiger partial charge in [0.25, 0.3) is 0 Å². The number of halogens is 1. The smallest absolute Gasteiger partial charge is 0.238 e. The third kappa shape index (κ3) is 2.84. The van der Waals surface area contributed by atoms with Crippen LogP contribution in [0.3, 0.4) is 0 Å². The standard InChI is InChI=1S/C11H16ClNO3S/c1-9(8-12)17(14,15)13(2)10-6-4-5-7-11(10)16-3/h4-7,9H,8H2,1-3H3. The van der Waals surface area contributed by atoms with E-state index in [1.165, 1.54) is 18.5 Å². The lowest BCUT2D eigenvalue weighted by atomic mass is 10.3. The van der Waals surface area contributed by atoms with Crippen LogP contribution in [0.15, 0.2) is 24.3 Å². The van der Waals surface area contributed by atoms with Gasteiger partial charge in [-0.25, -0.2) is 8.42 Å². The second kappa shape index (κ2) is 5.60. The average molecular weight is 278 g/mol. The minimum Gasteiger partial charge on any atom is -0.495 e. The fraction of sp³-hybridized carbons (Fsp3) is 0.455. The maximum atomic E-state index is 12.1. The van der Waals surface area contributed by atoms with Crippen LogP contribution in [0.5, 0.6) is 5.75 Å². The van der Waals surface area contributed by atoms with Crippen LogP contribution in [-0.2, 0) is 10.0 Å². The molecule has 0 saturated carbocycles. The summed E-state index contributed by atoms with van der Waals surface area (Å²) in [5.74, 6) is 0.572. The largest absolute Gasteiger partial charge is 0.495 e. The predicted octanol–water partition coefficient (Wildman–Crippen LogP) is 2.09. The first-order valence-corrected chi connectivity index (χ1v) is 7.15. The van der Waals surface area contributed by atoms with E-state index in [1.807, 2.05) is 0 Å². The third-order valence-electron chi connectivity index (χ3n) is 2.53. The quantitative estimate of drug-likeness (QED) is 0.774. The van der Waals surface area contributed by atoms with E-state index < -0.39 is 15.3 Å². The van der Waals surface area contributed by atoms with Crippen molar-refractivity contribution in [2.75, 3.05) is 24.3 Å². The van der Waals surface area contributed by atoms with Gasteiger partial charge in [-0.2, -0.15) is 0 Å². The van der Waals surface area contributed by atoms with Crippen LogP contribution < -0.4 is 9.04 Å². The highest BCUT2D eigenvalue weighted by atomic mass is 35.5. The topological polar surface area (TPSA) is 46.6 Å². The average Bonchev–Trinajstić information content (AvgIpc) is 2.36. The van der Waals surface area contributed by atoms with Gasteiger partial charge in [-0.3, -0.25) is 4.31 Å². The molecule has 1 atom stereocenters. The summed E-state index contributed by atoms with van der Waals surface area (Å²) < 4.78 is 30.6. The van der Waals surface area contributed by atoms with Gasteiger partial charge in [0.1, 0.15) is 5.75 Å². The first-order valence-electron chi connectivity index (χ1n) is 5.12. The maximum absolute atomic E-state index is 12.1. The SMILES string of the molecule is COc1ccccc1N(C)S(=O)(=O)C(C)CCl. The Morgan fingerprint density at radius 1 is 1.41 bits per heavy atom. The number of alkyl halides is 1. The van der Waals surface area contributed by atoms with Crippen LogP contribution in [-0.4, -0.2) is 33.7 Å². The Balaban J connectivity index is 3.16. The predicted molar refractivity (Wildman–Crippen MR) is 70.5 cm³/mol. The van der Waals surface area contributed by atoms with E-state index in [4.69, 9.17) is 16.3 Å². The number of ether oxygens (including phenoxy) is 1. The fourth-order valence-electron chi connectivity index (χ4n) is 1.38. The lowest BCUT2D eigenvalue weighted by Crippen LogP contribution is -2.35. The zero-order chi connectivity index (χ0) is 13.1. The van der Waals surface area contributed by atoms with Gasteiger partial charge in [0.15, 0.2) is 0 Å². The lowest BCUT2D eigenvalue weighted by Gasteiger charge is -2.24. The number of hydrogen-bond donors (Lipinski definition) is 0. The minimum atomic E-state index is -3.45. The molecule has 0 aliphatic carbocycles. The normalized spacial score (nSPS) is 13.2. The Bertz CT molecular complexity index is 475. The van der Waals surface area contributed by atoms with Crippen LogP contribution in [0.4, 0.5) is 5.69 Å². The van der Waals surface area contributed by atoms with Gasteiger partial charge in [-0.1, -0.05) is 12.1 Å². The van der Waals surface area contributed by atoms with Crippen molar-refractivity contribution in [3.05, 3.63) is 24.3 Å². The van der Waals surface area contributed by atoms with Gasteiger partial charge in [0, 0.05) is 12.9 Å². The van der Waals surface area contributed by atoms with E-state index in [-0.39, 0.29) is 5.88 Å². The molecule has 0 amide bonds. The fourth-order valence-corrected chi connectivity index (χ4v) is 2.98. The van der Waals surface area contributed by atoms with Crippen molar-refractivity contribution < 1.29 is 13.2 Å². The Morgan fingerprint density at radius 2 is 2.00 bits per heavy atom. The molecule has 4 nitrogen and oxygen atoms in total. The molecule has 17 heavy (non-hydrogen) atoms. The Morgan fingerprint density at radius 3 is 2.53 bits per heavy atom. The van der Waals surface area contributed by atoms with Gasteiger partial charge >= 0.3 is 0 Å². The zero-order valence-corrected chi connectivity index (χ0v) is 11.6. The molecule has 1 unspecified atom stereocenters. The molecule has 0 radical (unpaired) electrons. The first kappa shape index (κ1) is 14.1. The van der Waals surface area contributed by atoms with Crippen LogP contribution in [0, 0.1) is 0 Å². The number of rotatable bonds is 5. The number of para-hydroxylation sites is 2. The summed E-state index contributed by atoms with van der Waals surface area (Å²) in [5.41, 5.74) is 0.506.